The molecule has 0 bridgehead atoms. The maximum absolute atomic E-state index is 10.0. The molecule has 3 nitrogen and oxygen atoms in total. The second-order valence-electron chi connectivity index (χ2n) is 4.82. The van der Waals surface area contributed by atoms with Crippen LogP contribution in [0.5, 0.6) is 5.75 Å². The normalized spacial score (nSPS) is 24.5. The molecule has 0 unspecified atom stereocenters. The minimum absolute atomic E-state index is 0.0919. The van der Waals surface area contributed by atoms with Crippen LogP contribution in [-0.2, 0) is 12.8 Å². The molecule has 0 fully saturated rings. The third kappa shape index (κ3) is 2.20. The number of benzene rings is 1. The molecule has 0 spiro atoms. The highest BCUT2D eigenvalue weighted by Crippen LogP contribution is 2.29. The highest BCUT2D eigenvalue weighted by Gasteiger charge is 2.28. The van der Waals surface area contributed by atoms with E-state index in [-0.39, 0.29) is 6.04 Å². The van der Waals surface area contributed by atoms with Crippen molar-refractivity contribution in [2.75, 3.05) is 0 Å². The molecule has 0 saturated carbocycles. The molecule has 0 radical (unpaired) electrons. The molecule has 0 aromatic heterocycles. The summed E-state index contributed by atoms with van der Waals surface area (Å²) in [5.74, 6) is 0.305. The summed E-state index contributed by atoms with van der Waals surface area (Å²) in [5.41, 5.74) is 2.04. The van der Waals surface area contributed by atoms with E-state index in [1.807, 2.05) is 12.1 Å². The van der Waals surface area contributed by atoms with E-state index in [2.05, 4.69) is 19.2 Å². The second-order valence-corrected chi connectivity index (χ2v) is 4.82. The van der Waals surface area contributed by atoms with E-state index >= 15 is 0 Å². The van der Waals surface area contributed by atoms with E-state index in [1.165, 1.54) is 0 Å². The number of fused-ring (bicyclic) bond motifs is 1. The van der Waals surface area contributed by atoms with Gasteiger partial charge in [-0.05, 0) is 23.6 Å². The summed E-state index contributed by atoms with van der Waals surface area (Å²) in [4.78, 5) is 0. The molecule has 1 aliphatic carbocycles. The Labute approximate surface area is 96.1 Å². The summed E-state index contributed by atoms with van der Waals surface area (Å²) in [7, 11) is 0. The molecule has 1 aliphatic rings. The zero-order valence-corrected chi connectivity index (χ0v) is 9.77. The van der Waals surface area contributed by atoms with E-state index in [0.29, 0.717) is 18.2 Å². The number of nitrogens with one attached hydrogen (secondary N) is 1. The molecular formula is C13H19NO2. The van der Waals surface area contributed by atoms with Crippen molar-refractivity contribution in [1.82, 2.24) is 5.32 Å². The lowest BCUT2D eigenvalue weighted by Gasteiger charge is -2.32. The smallest absolute Gasteiger partial charge is 0.119 e. The number of phenols is 1. The van der Waals surface area contributed by atoms with Crippen LogP contribution in [0, 0.1) is 0 Å². The van der Waals surface area contributed by atoms with Gasteiger partial charge in [0, 0.05) is 18.5 Å². The maximum Gasteiger partial charge on any atom is 0.119 e. The van der Waals surface area contributed by atoms with Crippen LogP contribution >= 0.6 is 0 Å². The van der Waals surface area contributed by atoms with Crippen molar-refractivity contribution in [3.63, 3.8) is 0 Å². The Kier molecular flexibility index (Phi) is 3.17. The number of aliphatic hydroxyl groups is 1. The predicted molar refractivity (Wildman–Crippen MR) is 63.6 cm³/mol. The first kappa shape index (κ1) is 11.4. The number of rotatable bonds is 2. The highest BCUT2D eigenvalue weighted by molar-refractivity contribution is 5.42. The van der Waals surface area contributed by atoms with E-state index in [1.54, 1.807) is 6.07 Å². The number of hydrogen-bond acceptors (Lipinski definition) is 3. The topological polar surface area (TPSA) is 52.5 Å². The van der Waals surface area contributed by atoms with Gasteiger partial charge < -0.3 is 15.5 Å². The maximum atomic E-state index is 10.0. The fourth-order valence-corrected chi connectivity index (χ4v) is 2.37. The predicted octanol–water partition coefficient (Wildman–Crippen LogP) is 1.22. The molecule has 1 aromatic carbocycles. The second kappa shape index (κ2) is 4.44. The third-order valence-electron chi connectivity index (χ3n) is 3.11. The lowest BCUT2D eigenvalue weighted by molar-refractivity contribution is 0.114. The Hall–Kier alpha value is -1.06. The molecular weight excluding hydrogens is 202 g/mol. The Morgan fingerprint density at radius 3 is 2.75 bits per heavy atom. The zero-order chi connectivity index (χ0) is 11.7. The van der Waals surface area contributed by atoms with Gasteiger partial charge >= 0.3 is 0 Å². The van der Waals surface area contributed by atoms with Gasteiger partial charge in [-0.15, -0.1) is 0 Å². The molecule has 3 N–H and O–H groups in total. The van der Waals surface area contributed by atoms with Gasteiger partial charge in [0.2, 0.25) is 0 Å². The van der Waals surface area contributed by atoms with Crippen LogP contribution in [-0.4, -0.2) is 28.4 Å². The molecule has 0 saturated heterocycles. The summed E-state index contributed by atoms with van der Waals surface area (Å²) in [6.07, 6.45) is 0.901. The van der Waals surface area contributed by atoms with E-state index in [9.17, 15) is 10.2 Å². The monoisotopic (exact) mass is 221 g/mol. The first-order valence-electron chi connectivity index (χ1n) is 5.81. The lowest BCUT2D eigenvalue weighted by Crippen LogP contribution is -2.48. The molecule has 0 aliphatic heterocycles. The molecule has 0 amide bonds. The van der Waals surface area contributed by atoms with Gasteiger partial charge in [0.25, 0.3) is 0 Å². The van der Waals surface area contributed by atoms with Crippen molar-refractivity contribution < 1.29 is 10.2 Å². The highest BCUT2D eigenvalue weighted by atomic mass is 16.3. The van der Waals surface area contributed by atoms with Crippen LogP contribution in [0.3, 0.4) is 0 Å². The van der Waals surface area contributed by atoms with Crippen molar-refractivity contribution in [2.24, 2.45) is 0 Å². The van der Waals surface area contributed by atoms with Crippen molar-refractivity contribution in [2.45, 2.75) is 44.9 Å². The quantitative estimate of drug-likeness (QED) is 0.704. The molecule has 0 heterocycles. The van der Waals surface area contributed by atoms with Gasteiger partial charge in [-0.3, -0.25) is 0 Å². The molecule has 3 heteroatoms. The first-order chi connectivity index (χ1) is 7.58. The van der Waals surface area contributed by atoms with Crippen molar-refractivity contribution in [3.8, 4) is 5.75 Å². The van der Waals surface area contributed by atoms with Gasteiger partial charge in [0.1, 0.15) is 5.75 Å². The summed E-state index contributed by atoms with van der Waals surface area (Å²) >= 11 is 0. The van der Waals surface area contributed by atoms with E-state index in [4.69, 9.17) is 0 Å². The van der Waals surface area contributed by atoms with Crippen molar-refractivity contribution >= 4 is 0 Å². The zero-order valence-electron chi connectivity index (χ0n) is 9.77. The average molecular weight is 221 g/mol. The Morgan fingerprint density at radius 2 is 2.06 bits per heavy atom. The largest absolute Gasteiger partial charge is 0.508 e. The van der Waals surface area contributed by atoms with Crippen LogP contribution in [0.1, 0.15) is 25.0 Å². The van der Waals surface area contributed by atoms with E-state index in [0.717, 1.165) is 17.5 Å². The van der Waals surface area contributed by atoms with Crippen molar-refractivity contribution in [3.05, 3.63) is 29.3 Å². The standard InChI is InChI=1S/C13H19NO2/c1-8(2)14-11-6-9-4-3-5-12(15)10(9)7-13(11)16/h3-5,8,11,13-16H,6-7H2,1-2H3/t11-,13-/m1/s1. The van der Waals surface area contributed by atoms with Gasteiger partial charge in [0.05, 0.1) is 6.10 Å². The van der Waals surface area contributed by atoms with Crippen LogP contribution in [0.2, 0.25) is 0 Å². The van der Waals surface area contributed by atoms with Crippen molar-refractivity contribution in [1.29, 1.82) is 0 Å². The van der Waals surface area contributed by atoms with Crippen LogP contribution in [0.25, 0.3) is 0 Å². The molecule has 2 atom stereocenters. The summed E-state index contributed by atoms with van der Waals surface area (Å²) in [5, 5.41) is 23.1. The molecule has 1 aromatic rings. The number of phenolic OH excluding ortho intramolecular Hbond substituents is 1. The van der Waals surface area contributed by atoms with Gasteiger partial charge in [0.15, 0.2) is 0 Å². The van der Waals surface area contributed by atoms with Gasteiger partial charge in [-0.25, -0.2) is 0 Å². The SMILES string of the molecule is CC(C)N[C@@H]1Cc2cccc(O)c2C[C@H]1O. The minimum atomic E-state index is -0.414. The molecule has 16 heavy (non-hydrogen) atoms. The van der Waals surface area contributed by atoms with E-state index < -0.39 is 6.10 Å². The number of aliphatic hydroxyl groups excluding tert-OH is 1. The molecule has 88 valence electrons. The Morgan fingerprint density at radius 1 is 1.31 bits per heavy atom. The van der Waals surface area contributed by atoms with Crippen LogP contribution < -0.4 is 5.32 Å². The first-order valence-corrected chi connectivity index (χ1v) is 5.81. The summed E-state index contributed by atoms with van der Waals surface area (Å²) in [6, 6.07) is 6.02. The molecule has 2 rings (SSSR count). The number of hydrogen-bond donors (Lipinski definition) is 3. The fourth-order valence-electron chi connectivity index (χ4n) is 2.37. The lowest BCUT2D eigenvalue weighted by atomic mass is 9.85. The summed E-state index contributed by atoms with van der Waals surface area (Å²) in [6.45, 7) is 4.15. The Balaban J connectivity index is 2.22. The summed E-state index contributed by atoms with van der Waals surface area (Å²) < 4.78 is 0. The number of aromatic hydroxyl groups is 1. The average Bonchev–Trinajstić information content (AvgIpc) is 2.20. The minimum Gasteiger partial charge on any atom is -0.508 e. The fraction of sp³-hybridized carbons (Fsp3) is 0.538. The van der Waals surface area contributed by atoms with Crippen LogP contribution in [0.4, 0.5) is 0 Å². The van der Waals surface area contributed by atoms with Crippen LogP contribution in [0.15, 0.2) is 18.2 Å². The van der Waals surface area contributed by atoms with Gasteiger partial charge in [-0.1, -0.05) is 26.0 Å². The third-order valence-corrected chi connectivity index (χ3v) is 3.11. The van der Waals surface area contributed by atoms with Gasteiger partial charge in [-0.2, -0.15) is 0 Å². The Bertz CT molecular complexity index is 376.